The van der Waals surface area contributed by atoms with E-state index in [1.807, 2.05) is 13.8 Å². The van der Waals surface area contributed by atoms with E-state index >= 15 is 0 Å². The van der Waals surface area contributed by atoms with Gasteiger partial charge in [-0.3, -0.25) is 0 Å². The van der Waals surface area contributed by atoms with Gasteiger partial charge in [-0.05, 0) is 37.1 Å². The molecule has 6 nitrogen and oxygen atoms in total. The molecule has 1 aromatic carbocycles. The lowest BCUT2D eigenvalue weighted by molar-refractivity contribution is 0.289. The Bertz CT molecular complexity index is 787. The first kappa shape index (κ1) is 16.4. The van der Waals surface area contributed by atoms with Crippen LogP contribution >= 0.6 is 11.6 Å². The Balaban J connectivity index is 1.92. The average molecular weight is 356 g/mol. The molecule has 0 bridgehead atoms. The number of hydrogen-bond acceptors (Lipinski definition) is 5. The van der Waals surface area contributed by atoms with Crippen molar-refractivity contribution in [3.63, 3.8) is 0 Å². The highest BCUT2D eigenvalue weighted by Gasteiger charge is 2.39. The van der Waals surface area contributed by atoms with Crippen molar-refractivity contribution < 1.29 is 12.9 Å². The fourth-order valence-corrected chi connectivity index (χ4v) is 4.41. The van der Waals surface area contributed by atoms with Crippen LogP contribution in [0.4, 0.5) is 0 Å². The summed E-state index contributed by atoms with van der Waals surface area (Å²) in [6.07, 6.45) is 1.43. The van der Waals surface area contributed by atoms with E-state index in [1.54, 1.807) is 12.1 Å². The van der Waals surface area contributed by atoms with Gasteiger partial charge in [0.15, 0.2) is 5.82 Å². The minimum absolute atomic E-state index is 0.134. The molecule has 1 atom stereocenters. The molecule has 0 aliphatic carbocycles. The molecule has 1 saturated heterocycles. The summed E-state index contributed by atoms with van der Waals surface area (Å²) in [4.78, 5) is 4.58. The second kappa shape index (κ2) is 6.22. The average Bonchev–Trinajstić information content (AvgIpc) is 3.16. The van der Waals surface area contributed by atoms with Crippen molar-refractivity contribution >= 4 is 21.6 Å². The molecule has 0 radical (unpaired) electrons. The molecule has 23 heavy (non-hydrogen) atoms. The molecule has 2 heterocycles. The van der Waals surface area contributed by atoms with Crippen molar-refractivity contribution in [2.45, 2.75) is 43.5 Å². The van der Waals surface area contributed by atoms with Crippen molar-refractivity contribution in [2.75, 3.05) is 6.54 Å². The summed E-state index contributed by atoms with van der Waals surface area (Å²) in [5.74, 6) is 1.09. The zero-order valence-electron chi connectivity index (χ0n) is 12.9. The molecule has 2 aromatic rings. The van der Waals surface area contributed by atoms with Gasteiger partial charge in [-0.1, -0.05) is 30.6 Å². The Hall–Kier alpha value is -1.44. The van der Waals surface area contributed by atoms with Gasteiger partial charge in [-0.25, -0.2) is 8.42 Å². The van der Waals surface area contributed by atoms with Gasteiger partial charge < -0.3 is 4.52 Å². The lowest BCUT2D eigenvalue weighted by atomic mass is 10.2. The molecule has 8 heteroatoms. The van der Waals surface area contributed by atoms with Crippen molar-refractivity contribution in [2.24, 2.45) is 0 Å². The van der Waals surface area contributed by atoms with Crippen molar-refractivity contribution in [1.29, 1.82) is 0 Å². The number of benzene rings is 1. The highest BCUT2D eigenvalue weighted by atomic mass is 35.5. The van der Waals surface area contributed by atoms with E-state index in [4.69, 9.17) is 16.1 Å². The third-order valence-corrected chi connectivity index (χ3v) is 6.06. The molecule has 0 saturated carbocycles. The Kier molecular flexibility index (Phi) is 4.44. The van der Waals surface area contributed by atoms with E-state index in [0.717, 1.165) is 6.42 Å². The SMILES string of the molecule is CC(C)c1noc([C@@H]2CCCN2S(=O)(=O)c2ccc(Cl)cc2)n1. The molecule has 1 aromatic heterocycles. The lowest BCUT2D eigenvalue weighted by Crippen LogP contribution is -2.30. The maximum atomic E-state index is 12.9. The molecule has 0 spiro atoms. The first-order valence-corrected chi connectivity index (χ1v) is 9.32. The predicted octanol–water partition coefficient (Wildman–Crippen LogP) is 3.37. The first-order chi connectivity index (χ1) is 10.9. The fraction of sp³-hybridized carbons (Fsp3) is 0.467. The van der Waals surface area contributed by atoms with E-state index in [-0.39, 0.29) is 10.8 Å². The van der Waals surface area contributed by atoms with E-state index in [9.17, 15) is 8.42 Å². The minimum atomic E-state index is -3.62. The Morgan fingerprint density at radius 2 is 2.00 bits per heavy atom. The number of halogens is 1. The summed E-state index contributed by atoms with van der Waals surface area (Å²) in [5, 5.41) is 4.44. The highest BCUT2D eigenvalue weighted by Crippen LogP contribution is 2.36. The van der Waals surface area contributed by atoms with Gasteiger partial charge in [-0.15, -0.1) is 0 Å². The summed E-state index contributed by atoms with van der Waals surface area (Å²) < 4.78 is 32.5. The van der Waals surface area contributed by atoms with Crippen LogP contribution in [0.5, 0.6) is 0 Å². The van der Waals surface area contributed by atoms with Crippen LogP contribution in [-0.4, -0.2) is 29.4 Å². The number of aromatic nitrogens is 2. The van der Waals surface area contributed by atoms with Crippen LogP contribution in [0.1, 0.15) is 50.4 Å². The predicted molar refractivity (Wildman–Crippen MR) is 85.7 cm³/mol. The second-order valence-corrected chi connectivity index (χ2v) is 8.20. The van der Waals surface area contributed by atoms with Gasteiger partial charge in [0, 0.05) is 17.5 Å². The van der Waals surface area contributed by atoms with E-state index in [2.05, 4.69) is 10.1 Å². The van der Waals surface area contributed by atoms with Crippen molar-refractivity contribution in [3.8, 4) is 0 Å². The summed E-state index contributed by atoms with van der Waals surface area (Å²) in [5.41, 5.74) is 0. The van der Waals surface area contributed by atoms with Crippen LogP contribution in [0.3, 0.4) is 0 Å². The summed E-state index contributed by atoms with van der Waals surface area (Å²) in [6.45, 7) is 4.37. The number of nitrogens with zero attached hydrogens (tertiary/aromatic N) is 3. The maximum Gasteiger partial charge on any atom is 0.245 e. The van der Waals surface area contributed by atoms with Gasteiger partial charge in [0.25, 0.3) is 0 Å². The quantitative estimate of drug-likeness (QED) is 0.840. The Labute approximate surface area is 140 Å². The summed E-state index contributed by atoms with van der Waals surface area (Å²) in [6, 6.07) is 5.77. The van der Waals surface area contributed by atoms with Gasteiger partial charge in [0.2, 0.25) is 15.9 Å². The van der Waals surface area contributed by atoms with E-state index in [1.165, 1.54) is 16.4 Å². The molecule has 0 unspecified atom stereocenters. The molecule has 124 valence electrons. The van der Waals surface area contributed by atoms with E-state index in [0.29, 0.717) is 29.7 Å². The zero-order valence-corrected chi connectivity index (χ0v) is 14.5. The second-order valence-electron chi connectivity index (χ2n) is 5.87. The highest BCUT2D eigenvalue weighted by molar-refractivity contribution is 7.89. The van der Waals surface area contributed by atoms with Crippen LogP contribution in [0.25, 0.3) is 0 Å². The zero-order chi connectivity index (χ0) is 16.6. The molecule has 1 aliphatic heterocycles. The number of rotatable bonds is 4. The topological polar surface area (TPSA) is 76.3 Å². The normalized spacial score (nSPS) is 19.6. The van der Waals surface area contributed by atoms with Crippen LogP contribution < -0.4 is 0 Å². The Morgan fingerprint density at radius 3 is 2.61 bits per heavy atom. The van der Waals surface area contributed by atoms with Crippen LogP contribution in [0.2, 0.25) is 5.02 Å². The molecular weight excluding hydrogens is 338 g/mol. The van der Waals surface area contributed by atoms with Crippen LogP contribution in [0, 0.1) is 0 Å². The maximum absolute atomic E-state index is 12.9. The van der Waals surface area contributed by atoms with Gasteiger partial charge in [0.1, 0.15) is 6.04 Å². The number of sulfonamides is 1. The lowest BCUT2D eigenvalue weighted by Gasteiger charge is -2.21. The first-order valence-electron chi connectivity index (χ1n) is 7.50. The molecule has 3 rings (SSSR count). The smallest absolute Gasteiger partial charge is 0.245 e. The molecule has 0 N–H and O–H groups in total. The van der Waals surface area contributed by atoms with Crippen LogP contribution in [-0.2, 0) is 10.0 Å². The molecular formula is C15H18ClN3O3S. The van der Waals surface area contributed by atoms with E-state index < -0.39 is 16.1 Å². The Morgan fingerprint density at radius 1 is 1.30 bits per heavy atom. The molecule has 1 fully saturated rings. The van der Waals surface area contributed by atoms with Gasteiger partial charge >= 0.3 is 0 Å². The third kappa shape index (κ3) is 3.13. The standard InChI is InChI=1S/C15H18ClN3O3S/c1-10(2)14-17-15(22-18-14)13-4-3-9-19(13)23(20,21)12-7-5-11(16)6-8-12/h5-8,10,13H,3-4,9H2,1-2H3/t13-/m0/s1. The fourth-order valence-electron chi connectivity index (χ4n) is 2.63. The van der Waals surface area contributed by atoms with Gasteiger partial charge in [0.05, 0.1) is 4.90 Å². The van der Waals surface area contributed by atoms with Crippen molar-refractivity contribution in [1.82, 2.24) is 14.4 Å². The minimum Gasteiger partial charge on any atom is -0.338 e. The monoisotopic (exact) mass is 355 g/mol. The molecule has 0 amide bonds. The third-order valence-electron chi connectivity index (χ3n) is 3.88. The largest absolute Gasteiger partial charge is 0.338 e. The van der Waals surface area contributed by atoms with Crippen molar-refractivity contribution in [3.05, 3.63) is 41.0 Å². The number of hydrogen-bond donors (Lipinski definition) is 0. The van der Waals surface area contributed by atoms with Gasteiger partial charge in [-0.2, -0.15) is 9.29 Å². The summed E-state index contributed by atoms with van der Waals surface area (Å²) >= 11 is 5.84. The molecule has 1 aliphatic rings. The van der Waals surface area contributed by atoms with Crippen LogP contribution in [0.15, 0.2) is 33.7 Å². The summed E-state index contributed by atoms with van der Waals surface area (Å²) in [7, 11) is -3.62.